The molecule has 188 valence electrons. The van der Waals surface area contributed by atoms with E-state index < -0.39 is 55.4 Å². The van der Waals surface area contributed by atoms with Gasteiger partial charge in [0, 0.05) is 23.4 Å². The molecule has 2 aromatic rings. The molecule has 3 fully saturated rings. The number of hydrogen-bond donors (Lipinski definition) is 1. The van der Waals surface area contributed by atoms with Crippen molar-refractivity contribution in [3.8, 4) is 0 Å². The van der Waals surface area contributed by atoms with E-state index in [4.69, 9.17) is 20.0 Å². The predicted molar refractivity (Wildman–Crippen MR) is 120 cm³/mol. The molecule has 35 heavy (non-hydrogen) atoms. The molecule has 1 N–H and O–H groups in total. The summed E-state index contributed by atoms with van der Waals surface area (Å²) in [6.45, 7) is 0.139. The zero-order valence-electron chi connectivity index (χ0n) is 17.9. The Labute approximate surface area is 206 Å². The Kier molecular flexibility index (Phi) is 6.24. The quantitative estimate of drug-likeness (QED) is 0.570. The molecule has 1 saturated heterocycles. The Bertz CT molecular complexity index is 1320. The second-order valence-electron chi connectivity index (χ2n) is 9.10. The molecule has 1 spiro atoms. The minimum Gasteiger partial charge on any atom is -0.322 e. The SMILES string of the molecule is O=C(Nc1cc(F)c(F)c(F)c1)c1ccc(Cl)c(S(=O)(=O)C2C3CCC2CC2(COS(=O)O2)C3)c1. The van der Waals surface area contributed by atoms with Gasteiger partial charge in [0.05, 0.1) is 21.8 Å². The van der Waals surface area contributed by atoms with Gasteiger partial charge in [0.15, 0.2) is 27.3 Å². The van der Waals surface area contributed by atoms with E-state index in [2.05, 4.69) is 5.32 Å². The molecule has 1 amide bonds. The van der Waals surface area contributed by atoms with Gasteiger partial charge in [-0.05, 0) is 55.7 Å². The van der Waals surface area contributed by atoms with Gasteiger partial charge in [-0.1, -0.05) is 11.6 Å². The maximum Gasteiger partial charge on any atom is 0.305 e. The molecule has 1 aliphatic heterocycles. The van der Waals surface area contributed by atoms with E-state index >= 15 is 0 Å². The highest BCUT2D eigenvalue weighted by molar-refractivity contribution is 7.92. The van der Waals surface area contributed by atoms with Crippen LogP contribution in [-0.4, -0.2) is 36.0 Å². The molecule has 2 aliphatic carbocycles. The molecule has 2 bridgehead atoms. The fraction of sp³-hybridized carbons (Fsp3) is 0.409. The Morgan fingerprint density at radius 1 is 1.09 bits per heavy atom. The van der Waals surface area contributed by atoms with Crippen LogP contribution in [0, 0.1) is 29.3 Å². The molecule has 3 atom stereocenters. The van der Waals surface area contributed by atoms with E-state index in [1.54, 1.807) is 0 Å². The average molecular weight is 550 g/mol. The van der Waals surface area contributed by atoms with Crippen LogP contribution in [0.15, 0.2) is 35.2 Å². The normalized spacial score (nSPS) is 30.1. The molecule has 5 rings (SSSR count). The van der Waals surface area contributed by atoms with E-state index in [-0.39, 0.29) is 39.6 Å². The number of carbonyl (C=O) groups excluding carboxylic acids is 1. The van der Waals surface area contributed by atoms with Crippen molar-refractivity contribution in [1.82, 2.24) is 0 Å². The van der Waals surface area contributed by atoms with Crippen molar-refractivity contribution >= 4 is 44.4 Å². The Hall–Kier alpha value is -1.99. The summed E-state index contributed by atoms with van der Waals surface area (Å²) in [4.78, 5) is 12.5. The standard InChI is InChI=1S/C22H19ClF3NO6S2/c23-15-4-3-11(21(28)27-14-6-16(24)19(26)17(25)7-14)5-18(15)35(30,31)20-12-1-2-13(20)9-22(8-12)10-32-34(29)33-22/h3-7,12-13,20H,1-2,8-10H2,(H,27,28). The lowest BCUT2D eigenvalue weighted by molar-refractivity contribution is 0.0272. The number of halogens is 4. The van der Waals surface area contributed by atoms with Crippen LogP contribution in [0.5, 0.6) is 0 Å². The number of sulfone groups is 1. The number of carbonyl (C=O) groups is 1. The van der Waals surface area contributed by atoms with Gasteiger partial charge in [-0.2, -0.15) is 4.21 Å². The van der Waals surface area contributed by atoms with Gasteiger partial charge in [0.25, 0.3) is 5.91 Å². The first kappa shape index (κ1) is 24.7. The summed E-state index contributed by atoms with van der Waals surface area (Å²) < 4.78 is 89.8. The van der Waals surface area contributed by atoms with Gasteiger partial charge in [-0.25, -0.2) is 21.6 Å². The van der Waals surface area contributed by atoms with Crippen LogP contribution in [0.4, 0.5) is 18.9 Å². The zero-order valence-corrected chi connectivity index (χ0v) is 20.3. The third-order valence-corrected chi connectivity index (χ3v) is 10.5. The van der Waals surface area contributed by atoms with Crippen molar-refractivity contribution in [1.29, 1.82) is 0 Å². The number of rotatable bonds is 4. The smallest absolute Gasteiger partial charge is 0.305 e. The zero-order chi connectivity index (χ0) is 25.1. The van der Waals surface area contributed by atoms with Crippen LogP contribution in [0.3, 0.4) is 0 Å². The molecule has 7 nitrogen and oxygen atoms in total. The summed E-state index contributed by atoms with van der Waals surface area (Å²) in [6, 6.07) is 4.88. The third kappa shape index (κ3) is 4.39. The van der Waals surface area contributed by atoms with Crippen LogP contribution in [0.1, 0.15) is 36.0 Å². The minimum absolute atomic E-state index is 0.0679. The number of anilines is 1. The molecule has 2 saturated carbocycles. The topological polar surface area (TPSA) is 98.8 Å². The number of fused-ring (bicyclic) bond motifs is 2. The molecule has 2 aromatic carbocycles. The van der Waals surface area contributed by atoms with Gasteiger partial charge in [-0.15, -0.1) is 0 Å². The summed E-state index contributed by atoms with van der Waals surface area (Å²) in [5, 5.41) is 1.40. The van der Waals surface area contributed by atoms with Crippen LogP contribution < -0.4 is 5.32 Å². The fourth-order valence-electron chi connectivity index (χ4n) is 5.50. The van der Waals surface area contributed by atoms with Crippen molar-refractivity contribution in [2.24, 2.45) is 11.8 Å². The Morgan fingerprint density at radius 2 is 1.71 bits per heavy atom. The van der Waals surface area contributed by atoms with Crippen molar-refractivity contribution < 1.29 is 39.0 Å². The predicted octanol–water partition coefficient (Wildman–Crippen LogP) is 4.34. The van der Waals surface area contributed by atoms with Crippen molar-refractivity contribution in [2.45, 2.75) is 41.4 Å². The molecule has 1 heterocycles. The van der Waals surface area contributed by atoms with Gasteiger partial charge >= 0.3 is 11.4 Å². The monoisotopic (exact) mass is 549 g/mol. The molecule has 0 aromatic heterocycles. The van der Waals surface area contributed by atoms with Crippen LogP contribution in [0.25, 0.3) is 0 Å². The van der Waals surface area contributed by atoms with E-state index in [9.17, 15) is 30.6 Å². The molecular weight excluding hydrogens is 531 g/mol. The van der Waals surface area contributed by atoms with Crippen LogP contribution in [-0.2, 0) is 29.6 Å². The lowest BCUT2D eigenvalue weighted by atomic mass is 9.77. The summed E-state index contributed by atoms with van der Waals surface area (Å²) in [6.07, 6.45) is 2.04. The first-order valence-electron chi connectivity index (χ1n) is 10.7. The van der Waals surface area contributed by atoms with Gasteiger partial charge < -0.3 is 5.32 Å². The molecule has 0 radical (unpaired) electrons. The van der Waals surface area contributed by atoms with Crippen LogP contribution >= 0.6 is 11.6 Å². The molecule has 3 aliphatic rings. The van der Waals surface area contributed by atoms with Crippen molar-refractivity contribution in [3.63, 3.8) is 0 Å². The average Bonchev–Trinajstić information content (AvgIpc) is 3.29. The van der Waals surface area contributed by atoms with Gasteiger partial charge in [0.1, 0.15) is 5.60 Å². The van der Waals surface area contributed by atoms with Crippen LogP contribution in [0.2, 0.25) is 5.02 Å². The lowest BCUT2D eigenvalue weighted by Gasteiger charge is -2.39. The second-order valence-corrected chi connectivity index (χ2v) is 12.4. The fourth-order valence-corrected chi connectivity index (χ4v) is 9.17. The molecule has 3 unspecified atom stereocenters. The van der Waals surface area contributed by atoms with Crippen molar-refractivity contribution in [3.05, 3.63) is 58.4 Å². The number of amides is 1. The van der Waals surface area contributed by atoms with Gasteiger partial charge in [0.2, 0.25) is 0 Å². The molecular formula is C22H19ClF3NO6S2. The Morgan fingerprint density at radius 3 is 2.29 bits per heavy atom. The van der Waals surface area contributed by atoms with Gasteiger partial charge in [-0.3, -0.25) is 13.2 Å². The summed E-state index contributed by atoms with van der Waals surface area (Å²) >= 11 is 4.40. The maximum absolute atomic E-state index is 13.7. The highest BCUT2D eigenvalue weighted by Gasteiger charge is 2.58. The van der Waals surface area contributed by atoms with E-state index in [1.807, 2.05) is 0 Å². The first-order valence-corrected chi connectivity index (χ1v) is 13.7. The van der Waals surface area contributed by atoms with E-state index in [1.165, 1.54) is 12.1 Å². The summed E-state index contributed by atoms with van der Waals surface area (Å²) in [5.74, 6) is -6.02. The lowest BCUT2D eigenvalue weighted by Crippen LogP contribution is -2.47. The maximum atomic E-state index is 13.7. The summed E-state index contributed by atoms with van der Waals surface area (Å²) in [5.41, 5.74) is -1.22. The minimum atomic E-state index is -3.99. The number of benzene rings is 2. The number of nitrogens with one attached hydrogen (secondary N) is 1. The van der Waals surface area contributed by atoms with E-state index in [0.29, 0.717) is 37.8 Å². The van der Waals surface area contributed by atoms with E-state index in [0.717, 1.165) is 6.07 Å². The molecule has 13 heteroatoms. The highest BCUT2D eigenvalue weighted by Crippen LogP contribution is 2.54. The first-order chi connectivity index (χ1) is 16.5. The van der Waals surface area contributed by atoms with Crippen molar-refractivity contribution in [2.75, 3.05) is 11.9 Å². The number of hydrogen-bond acceptors (Lipinski definition) is 6. The largest absolute Gasteiger partial charge is 0.322 e. The summed E-state index contributed by atoms with van der Waals surface area (Å²) in [7, 11) is -3.99. The highest BCUT2D eigenvalue weighted by atomic mass is 35.5. The Balaban J connectivity index is 1.41. The third-order valence-electron chi connectivity index (χ3n) is 6.87. The second kappa shape index (κ2) is 8.84.